The van der Waals surface area contributed by atoms with Crippen LogP contribution in [0.3, 0.4) is 0 Å². The highest BCUT2D eigenvalue weighted by Crippen LogP contribution is 2.46. The highest BCUT2D eigenvalue weighted by Gasteiger charge is 2.50. The van der Waals surface area contributed by atoms with E-state index < -0.39 is 12.0 Å². The van der Waals surface area contributed by atoms with Crippen molar-refractivity contribution in [1.29, 1.82) is 0 Å². The third-order valence-electron chi connectivity index (χ3n) is 8.45. The van der Waals surface area contributed by atoms with Gasteiger partial charge in [-0.05, 0) is 57.8 Å². The van der Waals surface area contributed by atoms with Crippen LogP contribution in [0, 0.1) is 5.41 Å². The second-order valence-electron chi connectivity index (χ2n) is 10.5. The standard InChI is InChI=1S/C23H40F2N4O/c1-18(2)27-14-16-28(17-15-27)19-6-5-9-23(24,25)20(19)26-21(30)29-12-10-22(11-13-29)7-3-4-8-22/h18-20H,3-17H2,1-2H3,(H,26,30)/t19-,20+/m0/s1. The van der Waals surface area contributed by atoms with Crippen LogP contribution in [0.15, 0.2) is 0 Å². The fourth-order valence-corrected chi connectivity index (χ4v) is 6.36. The van der Waals surface area contributed by atoms with Crippen molar-refractivity contribution in [2.75, 3.05) is 39.3 Å². The van der Waals surface area contributed by atoms with E-state index in [1.807, 2.05) is 0 Å². The molecule has 4 rings (SSSR count). The summed E-state index contributed by atoms with van der Waals surface area (Å²) in [6.45, 7) is 9.21. The van der Waals surface area contributed by atoms with Gasteiger partial charge in [0.2, 0.25) is 0 Å². The zero-order chi connectivity index (χ0) is 21.4. The fourth-order valence-electron chi connectivity index (χ4n) is 6.36. The minimum absolute atomic E-state index is 0.122. The van der Waals surface area contributed by atoms with E-state index in [4.69, 9.17) is 0 Å². The molecule has 0 aromatic heterocycles. The predicted octanol–water partition coefficient (Wildman–Crippen LogP) is 3.93. The van der Waals surface area contributed by atoms with Crippen molar-refractivity contribution < 1.29 is 13.6 Å². The van der Waals surface area contributed by atoms with E-state index in [2.05, 4.69) is 29.0 Å². The Morgan fingerprint density at radius 3 is 2.13 bits per heavy atom. The Morgan fingerprint density at radius 1 is 0.900 bits per heavy atom. The first-order chi connectivity index (χ1) is 14.3. The van der Waals surface area contributed by atoms with Gasteiger partial charge in [-0.3, -0.25) is 9.80 Å². The number of piperidine rings is 1. The Morgan fingerprint density at radius 2 is 1.53 bits per heavy atom. The second kappa shape index (κ2) is 8.89. The average Bonchev–Trinajstić information content (AvgIpc) is 3.17. The lowest BCUT2D eigenvalue weighted by atomic mass is 9.77. The third-order valence-corrected chi connectivity index (χ3v) is 8.45. The lowest BCUT2D eigenvalue weighted by Crippen LogP contribution is -2.66. The molecule has 1 N–H and O–H groups in total. The summed E-state index contributed by atoms with van der Waals surface area (Å²) in [7, 11) is 0. The first-order valence-electron chi connectivity index (χ1n) is 12.2. The zero-order valence-electron chi connectivity index (χ0n) is 18.8. The van der Waals surface area contributed by atoms with Gasteiger partial charge in [-0.2, -0.15) is 0 Å². The molecule has 2 saturated carbocycles. The van der Waals surface area contributed by atoms with Crippen LogP contribution < -0.4 is 5.32 Å². The third kappa shape index (κ3) is 4.62. The monoisotopic (exact) mass is 426 g/mol. The summed E-state index contributed by atoms with van der Waals surface area (Å²) in [6.07, 6.45) is 8.35. The number of urea groups is 1. The molecular weight excluding hydrogens is 386 g/mol. The number of carbonyl (C=O) groups excluding carboxylic acids is 1. The van der Waals surface area contributed by atoms with Gasteiger partial charge in [0.05, 0.1) is 0 Å². The molecule has 30 heavy (non-hydrogen) atoms. The van der Waals surface area contributed by atoms with Crippen molar-refractivity contribution in [2.24, 2.45) is 5.41 Å². The number of hydrogen-bond donors (Lipinski definition) is 1. The van der Waals surface area contributed by atoms with E-state index in [1.165, 1.54) is 25.7 Å². The number of halogens is 2. The van der Waals surface area contributed by atoms with Crippen LogP contribution in [-0.2, 0) is 0 Å². The average molecular weight is 427 g/mol. The molecule has 0 bridgehead atoms. The summed E-state index contributed by atoms with van der Waals surface area (Å²) in [6, 6.07) is -1.14. The molecule has 2 aliphatic carbocycles. The van der Waals surface area contributed by atoms with Crippen LogP contribution >= 0.6 is 0 Å². The minimum Gasteiger partial charge on any atom is -0.328 e. The van der Waals surface area contributed by atoms with Crippen molar-refractivity contribution in [1.82, 2.24) is 20.0 Å². The van der Waals surface area contributed by atoms with Crippen molar-refractivity contribution >= 4 is 6.03 Å². The molecule has 0 aromatic rings. The van der Waals surface area contributed by atoms with E-state index in [1.54, 1.807) is 4.90 Å². The van der Waals surface area contributed by atoms with Gasteiger partial charge in [-0.15, -0.1) is 0 Å². The first kappa shape index (κ1) is 22.3. The molecule has 0 unspecified atom stereocenters. The minimum atomic E-state index is -2.84. The topological polar surface area (TPSA) is 38.8 Å². The molecule has 4 fully saturated rings. The van der Waals surface area contributed by atoms with Gasteiger partial charge in [-0.1, -0.05) is 12.8 Å². The van der Waals surface area contributed by atoms with Gasteiger partial charge in [0, 0.05) is 57.8 Å². The van der Waals surface area contributed by atoms with E-state index in [9.17, 15) is 13.6 Å². The van der Waals surface area contributed by atoms with E-state index in [0.717, 1.165) is 45.4 Å². The molecule has 2 heterocycles. The molecule has 1 spiro atoms. The van der Waals surface area contributed by atoms with Gasteiger partial charge in [0.15, 0.2) is 0 Å². The molecule has 2 aliphatic heterocycles. The Hall–Kier alpha value is -0.950. The van der Waals surface area contributed by atoms with Crippen LogP contribution in [0.25, 0.3) is 0 Å². The largest absolute Gasteiger partial charge is 0.328 e. The maximum atomic E-state index is 15.0. The molecule has 2 atom stereocenters. The van der Waals surface area contributed by atoms with Gasteiger partial charge in [0.25, 0.3) is 5.92 Å². The molecule has 7 heteroatoms. The van der Waals surface area contributed by atoms with Crippen molar-refractivity contribution in [3.63, 3.8) is 0 Å². The molecule has 4 aliphatic rings. The van der Waals surface area contributed by atoms with Crippen molar-refractivity contribution in [3.8, 4) is 0 Å². The fraction of sp³-hybridized carbons (Fsp3) is 0.957. The summed E-state index contributed by atoms with van der Waals surface area (Å²) >= 11 is 0. The molecule has 0 aromatic carbocycles. The Kier molecular flexibility index (Phi) is 6.59. The van der Waals surface area contributed by atoms with E-state index in [-0.39, 0.29) is 18.5 Å². The highest BCUT2D eigenvalue weighted by molar-refractivity contribution is 5.75. The SMILES string of the molecule is CC(C)N1CCN([C@H]2CCCC(F)(F)[C@@H]2NC(=O)N2CCC3(CCCC3)CC2)CC1. The maximum Gasteiger partial charge on any atom is 0.317 e. The zero-order valence-corrected chi connectivity index (χ0v) is 18.8. The Bertz CT molecular complexity index is 590. The number of hydrogen-bond acceptors (Lipinski definition) is 3. The second-order valence-corrected chi connectivity index (χ2v) is 10.5. The number of carbonyl (C=O) groups is 1. The van der Waals surface area contributed by atoms with Crippen LogP contribution in [0.5, 0.6) is 0 Å². The molecule has 5 nitrogen and oxygen atoms in total. The number of nitrogens with one attached hydrogen (secondary N) is 1. The lowest BCUT2D eigenvalue weighted by Gasteiger charge is -2.48. The Balaban J connectivity index is 1.38. The van der Waals surface area contributed by atoms with Crippen LogP contribution in [0.1, 0.15) is 71.6 Å². The number of nitrogens with zero attached hydrogens (tertiary/aromatic N) is 3. The van der Waals surface area contributed by atoms with Crippen LogP contribution in [0.4, 0.5) is 13.6 Å². The summed E-state index contributed by atoms with van der Waals surface area (Å²) in [5.74, 6) is -2.84. The van der Waals surface area contributed by atoms with Gasteiger partial charge < -0.3 is 10.2 Å². The normalized spacial score (nSPS) is 32.6. The number of amides is 2. The predicted molar refractivity (Wildman–Crippen MR) is 115 cm³/mol. The molecule has 2 saturated heterocycles. The van der Waals surface area contributed by atoms with Crippen LogP contribution in [-0.4, -0.2) is 84.0 Å². The van der Waals surface area contributed by atoms with E-state index >= 15 is 0 Å². The number of likely N-dealkylation sites (tertiary alicyclic amines) is 1. The lowest BCUT2D eigenvalue weighted by molar-refractivity contribution is -0.0974. The number of alkyl halides is 2. The van der Waals surface area contributed by atoms with Gasteiger partial charge >= 0.3 is 6.03 Å². The molecular formula is C23H40F2N4O. The summed E-state index contributed by atoms with van der Waals surface area (Å²) in [5, 5.41) is 2.82. The smallest absolute Gasteiger partial charge is 0.317 e. The quantitative estimate of drug-likeness (QED) is 0.743. The summed E-state index contributed by atoms with van der Waals surface area (Å²) in [4.78, 5) is 19.4. The number of rotatable bonds is 3. The summed E-state index contributed by atoms with van der Waals surface area (Å²) < 4.78 is 30.0. The molecule has 0 radical (unpaired) electrons. The van der Waals surface area contributed by atoms with Crippen LogP contribution in [0.2, 0.25) is 0 Å². The van der Waals surface area contributed by atoms with Crippen molar-refractivity contribution in [2.45, 2.75) is 95.7 Å². The van der Waals surface area contributed by atoms with Gasteiger partial charge in [0.1, 0.15) is 6.04 Å². The molecule has 172 valence electrons. The highest BCUT2D eigenvalue weighted by atomic mass is 19.3. The maximum absolute atomic E-state index is 15.0. The summed E-state index contributed by atoms with van der Waals surface area (Å²) in [5.41, 5.74) is 0.421. The van der Waals surface area contributed by atoms with Gasteiger partial charge in [-0.25, -0.2) is 13.6 Å². The Labute approximate surface area is 180 Å². The van der Waals surface area contributed by atoms with Crippen molar-refractivity contribution in [3.05, 3.63) is 0 Å². The van der Waals surface area contributed by atoms with E-state index in [0.29, 0.717) is 31.0 Å². The number of piperazine rings is 1. The first-order valence-corrected chi connectivity index (χ1v) is 12.2. The molecule has 2 amide bonds.